The number of aliphatic carboxylic acids is 1. The number of hydrogen-bond donors (Lipinski definition) is 4. The van der Waals surface area contributed by atoms with Crippen LogP contribution >= 0.6 is 0 Å². The van der Waals surface area contributed by atoms with Crippen molar-refractivity contribution in [3.63, 3.8) is 0 Å². The number of H-pyrrole nitrogens is 1. The van der Waals surface area contributed by atoms with E-state index in [1.54, 1.807) is 11.1 Å². The molecule has 2 aromatic rings. The first kappa shape index (κ1) is 18.8. The standard InChI is InChI=1S/C19H24N4O4/c24-17(23-8-4-1-5-9-23)12-21-19(27)22-16(18(25)26)10-13-11-20-15-7-3-2-6-14(13)15/h2-3,6-7,11,16,20H,1,4-5,8-10,12H2,(H,25,26)(H2,21,22,27). The normalized spacial score (nSPS) is 15.3. The lowest BCUT2D eigenvalue weighted by Crippen LogP contribution is -2.50. The minimum absolute atomic E-state index is 0.134. The molecule has 144 valence electrons. The van der Waals surface area contributed by atoms with Gasteiger partial charge in [-0.3, -0.25) is 4.79 Å². The van der Waals surface area contributed by atoms with Gasteiger partial charge < -0.3 is 25.6 Å². The highest BCUT2D eigenvalue weighted by atomic mass is 16.4. The largest absolute Gasteiger partial charge is 0.480 e. The van der Waals surface area contributed by atoms with Crippen molar-refractivity contribution < 1.29 is 19.5 Å². The molecule has 3 amide bonds. The number of para-hydroxylation sites is 1. The third-order valence-corrected chi connectivity index (χ3v) is 4.81. The second kappa shape index (κ2) is 8.57. The number of urea groups is 1. The molecule has 1 aliphatic heterocycles. The number of piperidine rings is 1. The Kier molecular flexibility index (Phi) is 5.95. The maximum atomic E-state index is 12.1. The smallest absolute Gasteiger partial charge is 0.326 e. The van der Waals surface area contributed by atoms with Crippen molar-refractivity contribution in [2.75, 3.05) is 19.6 Å². The van der Waals surface area contributed by atoms with Gasteiger partial charge in [0.2, 0.25) is 5.91 Å². The van der Waals surface area contributed by atoms with Gasteiger partial charge in [0.1, 0.15) is 6.04 Å². The molecule has 0 spiro atoms. The van der Waals surface area contributed by atoms with E-state index in [1.165, 1.54) is 0 Å². The van der Waals surface area contributed by atoms with Gasteiger partial charge in [-0.05, 0) is 30.9 Å². The van der Waals surface area contributed by atoms with Crippen LogP contribution in [0.3, 0.4) is 0 Å². The van der Waals surface area contributed by atoms with Gasteiger partial charge in [0.25, 0.3) is 0 Å². The lowest BCUT2D eigenvalue weighted by Gasteiger charge is -2.26. The number of likely N-dealkylation sites (tertiary alicyclic amines) is 1. The third kappa shape index (κ3) is 4.78. The first-order valence-electron chi connectivity index (χ1n) is 9.14. The monoisotopic (exact) mass is 372 g/mol. The molecular formula is C19H24N4O4. The number of carbonyl (C=O) groups excluding carboxylic acids is 2. The Bertz CT molecular complexity index is 826. The molecule has 4 N–H and O–H groups in total. The van der Waals surface area contributed by atoms with Crippen LogP contribution in [0, 0.1) is 0 Å². The highest BCUT2D eigenvalue weighted by molar-refractivity contribution is 5.88. The molecule has 2 heterocycles. The van der Waals surface area contributed by atoms with Gasteiger partial charge in [-0.2, -0.15) is 0 Å². The molecule has 1 saturated heterocycles. The van der Waals surface area contributed by atoms with Gasteiger partial charge in [0.15, 0.2) is 0 Å². The summed E-state index contributed by atoms with van der Waals surface area (Å²) in [6.45, 7) is 1.28. The molecule has 0 aliphatic carbocycles. The number of nitrogens with zero attached hydrogens (tertiary/aromatic N) is 1. The number of nitrogens with one attached hydrogen (secondary N) is 3. The van der Waals surface area contributed by atoms with E-state index >= 15 is 0 Å². The quantitative estimate of drug-likeness (QED) is 0.615. The molecular weight excluding hydrogens is 348 g/mol. The van der Waals surface area contributed by atoms with Crippen LogP contribution in [-0.4, -0.2) is 58.6 Å². The van der Waals surface area contributed by atoms with E-state index in [9.17, 15) is 19.5 Å². The predicted molar refractivity (Wildman–Crippen MR) is 100 cm³/mol. The van der Waals surface area contributed by atoms with E-state index < -0.39 is 18.0 Å². The number of carbonyl (C=O) groups is 3. The van der Waals surface area contributed by atoms with Crippen LogP contribution in [0.25, 0.3) is 10.9 Å². The number of benzene rings is 1. The molecule has 1 aromatic heterocycles. The summed E-state index contributed by atoms with van der Waals surface area (Å²) >= 11 is 0. The average Bonchev–Trinajstić information content (AvgIpc) is 3.09. The molecule has 0 saturated carbocycles. The van der Waals surface area contributed by atoms with Gasteiger partial charge in [-0.25, -0.2) is 9.59 Å². The van der Waals surface area contributed by atoms with E-state index in [0.717, 1.165) is 35.7 Å². The van der Waals surface area contributed by atoms with Gasteiger partial charge in [0.05, 0.1) is 6.54 Å². The highest BCUT2D eigenvalue weighted by Crippen LogP contribution is 2.19. The third-order valence-electron chi connectivity index (χ3n) is 4.81. The fraction of sp³-hybridized carbons (Fsp3) is 0.421. The Labute approximate surface area is 156 Å². The van der Waals surface area contributed by atoms with Crippen LogP contribution in [0.4, 0.5) is 4.79 Å². The van der Waals surface area contributed by atoms with E-state index in [1.807, 2.05) is 24.3 Å². The van der Waals surface area contributed by atoms with Crippen LogP contribution in [0.5, 0.6) is 0 Å². The molecule has 1 atom stereocenters. The number of carboxylic acid groups (broad SMARTS) is 1. The molecule has 8 heteroatoms. The summed E-state index contributed by atoms with van der Waals surface area (Å²) in [6, 6.07) is 5.82. The van der Waals surface area contributed by atoms with Gasteiger partial charge in [0, 0.05) is 36.6 Å². The zero-order valence-electron chi connectivity index (χ0n) is 15.0. The lowest BCUT2D eigenvalue weighted by atomic mass is 10.1. The maximum absolute atomic E-state index is 12.1. The van der Waals surface area contributed by atoms with Crippen LogP contribution < -0.4 is 10.6 Å². The van der Waals surface area contributed by atoms with Crippen LogP contribution in [0.2, 0.25) is 0 Å². The lowest BCUT2D eigenvalue weighted by molar-refractivity contribution is -0.139. The van der Waals surface area contributed by atoms with Crippen LogP contribution in [-0.2, 0) is 16.0 Å². The Morgan fingerprint density at radius 1 is 1.15 bits per heavy atom. The molecule has 1 unspecified atom stereocenters. The Balaban J connectivity index is 1.55. The van der Waals surface area contributed by atoms with E-state index in [-0.39, 0.29) is 18.9 Å². The molecule has 0 radical (unpaired) electrons. The average molecular weight is 372 g/mol. The van der Waals surface area contributed by atoms with Gasteiger partial charge in [-0.15, -0.1) is 0 Å². The minimum atomic E-state index is -1.13. The summed E-state index contributed by atoms with van der Waals surface area (Å²) < 4.78 is 0. The first-order valence-corrected chi connectivity index (χ1v) is 9.14. The van der Waals surface area contributed by atoms with Crippen molar-refractivity contribution in [1.82, 2.24) is 20.5 Å². The summed E-state index contributed by atoms with van der Waals surface area (Å²) in [4.78, 5) is 40.5. The van der Waals surface area contributed by atoms with E-state index in [2.05, 4.69) is 15.6 Å². The van der Waals surface area contributed by atoms with Crippen molar-refractivity contribution in [3.05, 3.63) is 36.0 Å². The molecule has 0 bridgehead atoms. The fourth-order valence-corrected chi connectivity index (χ4v) is 3.34. The summed E-state index contributed by atoms with van der Waals surface area (Å²) in [7, 11) is 0. The predicted octanol–water partition coefficient (Wildman–Crippen LogP) is 1.48. The number of aromatic amines is 1. The zero-order chi connectivity index (χ0) is 19.2. The summed E-state index contributed by atoms with van der Waals surface area (Å²) in [5, 5.41) is 15.3. The first-order chi connectivity index (χ1) is 13.0. The number of hydrogen-bond acceptors (Lipinski definition) is 3. The van der Waals surface area contributed by atoms with Crippen molar-refractivity contribution in [1.29, 1.82) is 0 Å². The maximum Gasteiger partial charge on any atom is 0.326 e. The Morgan fingerprint density at radius 3 is 2.63 bits per heavy atom. The second-order valence-corrected chi connectivity index (χ2v) is 6.72. The summed E-state index contributed by atoms with van der Waals surface area (Å²) in [5.41, 5.74) is 1.72. The van der Waals surface area contributed by atoms with Crippen molar-refractivity contribution in [3.8, 4) is 0 Å². The summed E-state index contributed by atoms with van der Waals surface area (Å²) in [6.07, 6.45) is 4.96. The fourth-order valence-electron chi connectivity index (χ4n) is 3.34. The molecule has 1 aliphatic rings. The summed E-state index contributed by atoms with van der Waals surface area (Å²) in [5.74, 6) is -1.27. The number of fused-ring (bicyclic) bond motifs is 1. The SMILES string of the molecule is O=C(NCC(=O)N1CCCCC1)NC(Cc1c[nH]c2ccccc12)C(=O)O. The molecule has 1 aromatic carbocycles. The Morgan fingerprint density at radius 2 is 1.89 bits per heavy atom. The van der Waals surface area contributed by atoms with Crippen molar-refractivity contribution in [2.45, 2.75) is 31.7 Å². The molecule has 8 nitrogen and oxygen atoms in total. The number of aromatic nitrogens is 1. The molecule has 3 rings (SSSR count). The Hall–Kier alpha value is -3.03. The van der Waals surface area contributed by atoms with Gasteiger partial charge in [-0.1, -0.05) is 18.2 Å². The number of rotatable bonds is 6. The van der Waals surface area contributed by atoms with Crippen LogP contribution in [0.15, 0.2) is 30.5 Å². The minimum Gasteiger partial charge on any atom is -0.480 e. The van der Waals surface area contributed by atoms with Crippen molar-refractivity contribution >= 4 is 28.8 Å². The van der Waals surface area contributed by atoms with E-state index in [4.69, 9.17) is 0 Å². The van der Waals surface area contributed by atoms with Crippen molar-refractivity contribution in [2.24, 2.45) is 0 Å². The molecule has 1 fully saturated rings. The van der Waals surface area contributed by atoms with Gasteiger partial charge >= 0.3 is 12.0 Å². The second-order valence-electron chi connectivity index (χ2n) is 6.72. The number of carboxylic acids is 1. The number of amides is 3. The zero-order valence-corrected chi connectivity index (χ0v) is 15.0. The molecule has 27 heavy (non-hydrogen) atoms. The highest BCUT2D eigenvalue weighted by Gasteiger charge is 2.23. The topological polar surface area (TPSA) is 115 Å². The van der Waals surface area contributed by atoms with E-state index in [0.29, 0.717) is 13.1 Å². The van der Waals surface area contributed by atoms with Crippen LogP contribution in [0.1, 0.15) is 24.8 Å².